The Morgan fingerprint density at radius 3 is 3.10 bits per heavy atom. The fourth-order valence-electron chi connectivity index (χ4n) is 4.04. The van der Waals surface area contributed by atoms with Crippen LogP contribution in [-0.4, -0.2) is 38.4 Å². The quantitative estimate of drug-likeness (QED) is 0.680. The van der Waals surface area contributed by atoms with Gasteiger partial charge in [0.05, 0.1) is 25.3 Å². The molecule has 1 unspecified atom stereocenters. The Morgan fingerprint density at radius 1 is 1.39 bits per heavy atom. The number of nitrogens with zero attached hydrogens (tertiary/aromatic N) is 6. The molecular formula is C21H18FN7O2. The molecule has 4 heterocycles. The third kappa shape index (κ3) is 3.15. The third-order valence-electron chi connectivity index (χ3n) is 5.59. The van der Waals surface area contributed by atoms with Crippen molar-refractivity contribution in [3.8, 4) is 11.8 Å². The summed E-state index contributed by atoms with van der Waals surface area (Å²) in [5.74, 6) is 0.948. The lowest BCUT2D eigenvalue weighted by Gasteiger charge is -2.23. The van der Waals surface area contributed by atoms with E-state index in [1.807, 2.05) is 6.07 Å². The number of nitrogens with one attached hydrogen (secondary N) is 1. The van der Waals surface area contributed by atoms with Crippen molar-refractivity contribution >= 4 is 5.96 Å². The summed E-state index contributed by atoms with van der Waals surface area (Å²) >= 11 is 0. The van der Waals surface area contributed by atoms with Crippen LogP contribution in [0.4, 0.5) is 4.39 Å². The SMILES string of the molecule is Cn1nccc(C2CN=C(NCc3c(F)ccc4c3CCO4)n3cc(C#N)nc32)c1=O. The molecule has 3 aromatic rings. The molecule has 1 aromatic carbocycles. The summed E-state index contributed by atoms with van der Waals surface area (Å²) in [5, 5.41) is 16.5. The summed E-state index contributed by atoms with van der Waals surface area (Å²) in [6.45, 7) is 1.01. The molecule has 1 N–H and O–H groups in total. The van der Waals surface area contributed by atoms with Gasteiger partial charge in [0.1, 0.15) is 23.5 Å². The number of hydrogen-bond acceptors (Lipinski definition) is 7. The minimum absolute atomic E-state index is 0.207. The molecule has 2 aromatic heterocycles. The number of nitriles is 1. The number of rotatable bonds is 3. The molecule has 0 fully saturated rings. The van der Waals surface area contributed by atoms with Gasteiger partial charge in [0.25, 0.3) is 5.56 Å². The molecule has 0 saturated carbocycles. The largest absolute Gasteiger partial charge is 0.493 e. The first-order valence-corrected chi connectivity index (χ1v) is 9.80. The van der Waals surface area contributed by atoms with Crippen molar-refractivity contribution in [1.82, 2.24) is 24.6 Å². The van der Waals surface area contributed by atoms with Gasteiger partial charge in [0.15, 0.2) is 5.69 Å². The predicted octanol–water partition coefficient (Wildman–Crippen LogP) is 1.06. The van der Waals surface area contributed by atoms with Crippen molar-refractivity contribution in [1.29, 1.82) is 5.26 Å². The molecular weight excluding hydrogens is 401 g/mol. The van der Waals surface area contributed by atoms with Crippen LogP contribution in [0.1, 0.15) is 34.1 Å². The van der Waals surface area contributed by atoms with E-state index in [2.05, 4.69) is 20.4 Å². The zero-order chi connectivity index (χ0) is 21.5. The molecule has 0 bridgehead atoms. The van der Waals surface area contributed by atoms with Crippen molar-refractivity contribution < 1.29 is 9.13 Å². The van der Waals surface area contributed by atoms with Crippen LogP contribution in [0.3, 0.4) is 0 Å². The van der Waals surface area contributed by atoms with E-state index < -0.39 is 5.92 Å². The Bertz CT molecular complexity index is 1320. The normalized spacial score (nSPS) is 16.7. The lowest BCUT2D eigenvalue weighted by Crippen LogP contribution is -2.37. The molecule has 10 heteroatoms. The van der Waals surface area contributed by atoms with Crippen LogP contribution in [0.5, 0.6) is 5.75 Å². The number of hydrogen-bond donors (Lipinski definition) is 1. The van der Waals surface area contributed by atoms with E-state index in [-0.39, 0.29) is 30.2 Å². The maximum atomic E-state index is 14.5. The molecule has 0 radical (unpaired) electrons. The Hall–Kier alpha value is -4.00. The number of benzene rings is 1. The van der Waals surface area contributed by atoms with Crippen molar-refractivity contribution in [2.24, 2.45) is 12.0 Å². The standard InChI is InChI=1S/C21H18FN7O2/c1-28-20(30)14(4-6-26-28)16-10-25-21(29-11-12(8-23)27-19(16)29)24-9-15-13-5-7-31-18(13)3-2-17(15)22/h2-4,6,11,16H,5,7,9-10H2,1H3,(H,24,25). The Balaban J connectivity index is 1.49. The van der Waals surface area contributed by atoms with E-state index in [0.29, 0.717) is 41.7 Å². The van der Waals surface area contributed by atoms with E-state index in [1.165, 1.54) is 10.7 Å². The number of halogens is 1. The maximum absolute atomic E-state index is 14.5. The monoisotopic (exact) mass is 419 g/mol. The van der Waals surface area contributed by atoms with Gasteiger partial charge in [0, 0.05) is 42.9 Å². The summed E-state index contributed by atoms with van der Waals surface area (Å²) in [6, 6.07) is 6.72. The second-order valence-electron chi connectivity index (χ2n) is 7.35. The maximum Gasteiger partial charge on any atom is 0.270 e. The van der Waals surface area contributed by atoms with Crippen LogP contribution in [-0.2, 0) is 20.0 Å². The van der Waals surface area contributed by atoms with Gasteiger partial charge < -0.3 is 10.1 Å². The van der Waals surface area contributed by atoms with Crippen LogP contribution in [0.25, 0.3) is 0 Å². The number of aryl methyl sites for hydroxylation is 1. The number of ether oxygens (including phenoxy) is 1. The predicted molar refractivity (Wildman–Crippen MR) is 108 cm³/mol. The Kier molecular flexibility index (Phi) is 4.51. The second kappa shape index (κ2) is 7.36. The number of fused-ring (bicyclic) bond motifs is 2. The van der Waals surface area contributed by atoms with Crippen LogP contribution < -0.4 is 15.6 Å². The molecule has 2 aliphatic heterocycles. The summed E-state index contributed by atoms with van der Waals surface area (Å²) in [4.78, 5) is 21.6. The average Bonchev–Trinajstić information content (AvgIpc) is 3.42. The molecule has 0 spiro atoms. The first kappa shape index (κ1) is 19.0. The zero-order valence-corrected chi connectivity index (χ0v) is 16.7. The van der Waals surface area contributed by atoms with E-state index in [9.17, 15) is 14.4 Å². The van der Waals surface area contributed by atoms with Crippen molar-refractivity contribution in [3.05, 3.63) is 75.0 Å². The van der Waals surface area contributed by atoms with E-state index in [1.54, 1.807) is 36.1 Å². The number of aliphatic imine (C=N–C) groups is 1. The van der Waals surface area contributed by atoms with Crippen LogP contribution in [0.2, 0.25) is 0 Å². The van der Waals surface area contributed by atoms with Crippen molar-refractivity contribution in [2.75, 3.05) is 13.2 Å². The lowest BCUT2D eigenvalue weighted by atomic mass is 9.99. The van der Waals surface area contributed by atoms with Crippen LogP contribution in [0, 0.1) is 17.1 Å². The van der Waals surface area contributed by atoms with Gasteiger partial charge in [0.2, 0.25) is 5.96 Å². The van der Waals surface area contributed by atoms with Gasteiger partial charge in [-0.1, -0.05) is 0 Å². The van der Waals surface area contributed by atoms with Crippen molar-refractivity contribution in [2.45, 2.75) is 18.9 Å². The van der Waals surface area contributed by atoms with Gasteiger partial charge in [-0.15, -0.1) is 0 Å². The average molecular weight is 419 g/mol. The highest BCUT2D eigenvalue weighted by atomic mass is 19.1. The minimum Gasteiger partial charge on any atom is -0.493 e. The lowest BCUT2D eigenvalue weighted by molar-refractivity contribution is 0.356. The highest BCUT2D eigenvalue weighted by Gasteiger charge is 2.29. The fourth-order valence-corrected chi connectivity index (χ4v) is 4.04. The smallest absolute Gasteiger partial charge is 0.270 e. The summed E-state index contributed by atoms with van der Waals surface area (Å²) in [7, 11) is 1.58. The third-order valence-corrected chi connectivity index (χ3v) is 5.59. The molecule has 0 aliphatic carbocycles. The fraction of sp³-hybridized carbons (Fsp3) is 0.286. The number of aromatic nitrogens is 4. The molecule has 2 aliphatic rings. The topological polar surface area (TPSA) is 110 Å². The van der Waals surface area contributed by atoms with Gasteiger partial charge in [-0.2, -0.15) is 10.4 Å². The van der Waals surface area contributed by atoms with E-state index >= 15 is 0 Å². The zero-order valence-electron chi connectivity index (χ0n) is 16.7. The van der Waals surface area contributed by atoms with Gasteiger partial charge >= 0.3 is 0 Å². The van der Waals surface area contributed by atoms with Crippen LogP contribution >= 0.6 is 0 Å². The summed E-state index contributed by atoms with van der Waals surface area (Å²) in [6.07, 6.45) is 3.76. The summed E-state index contributed by atoms with van der Waals surface area (Å²) < 4.78 is 22.9. The first-order chi connectivity index (χ1) is 15.1. The molecule has 0 amide bonds. The molecule has 0 saturated heterocycles. The minimum atomic E-state index is -0.416. The molecule has 5 rings (SSSR count). The second-order valence-corrected chi connectivity index (χ2v) is 7.35. The van der Waals surface area contributed by atoms with E-state index in [4.69, 9.17) is 4.74 Å². The number of imidazole rings is 1. The molecule has 1 atom stereocenters. The Labute approximate surface area is 176 Å². The Morgan fingerprint density at radius 2 is 2.26 bits per heavy atom. The molecule has 31 heavy (non-hydrogen) atoms. The van der Waals surface area contributed by atoms with E-state index in [0.717, 1.165) is 5.56 Å². The first-order valence-electron chi connectivity index (χ1n) is 9.80. The highest BCUT2D eigenvalue weighted by Crippen LogP contribution is 2.30. The van der Waals surface area contributed by atoms with Crippen molar-refractivity contribution in [3.63, 3.8) is 0 Å². The highest BCUT2D eigenvalue weighted by molar-refractivity contribution is 5.84. The molecule has 156 valence electrons. The molecule has 9 nitrogen and oxygen atoms in total. The van der Waals surface area contributed by atoms with Gasteiger partial charge in [-0.05, 0) is 18.2 Å². The summed E-state index contributed by atoms with van der Waals surface area (Å²) in [5.41, 5.74) is 1.85. The van der Waals surface area contributed by atoms with Gasteiger partial charge in [-0.3, -0.25) is 14.4 Å². The van der Waals surface area contributed by atoms with Crippen LogP contribution in [0.15, 0.2) is 40.4 Å². The van der Waals surface area contributed by atoms with Gasteiger partial charge in [-0.25, -0.2) is 14.1 Å².